The molecule has 0 bridgehead atoms. The van der Waals surface area contributed by atoms with Crippen molar-refractivity contribution in [3.63, 3.8) is 0 Å². The van der Waals surface area contributed by atoms with E-state index in [1.165, 1.54) is 21.3 Å². The fraction of sp³-hybridized carbons (Fsp3) is 0.240. The fourth-order valence-electron chi connectivity index (χ4n) is 4.15. The zero-order valence-corrected chi connectivity index (χ0v) is 18.7. The molecule has 9 heteroatoms. The Morgan fingerprint density at radius 2 is 1.56 bits per heavy atom. The Kier molecular flexibility index (Phi) is 5.33. The fourth-order valence-corrected chi connectivity index (χ4v) is 4.15. The van der Waals surface area contributed by atoms with Gasteiger partial charge in [-0.25, -0.2) is 0 Å². The van der Waals surface area contributed by atoms with Gasteiger partial charge in [-0.2, -0.15) is 0 Å². The lowest BCUT2D eigenvalue weighted by Crippen LogP contribution is -2.36. The quantitative estimate of drug-likeness (QED) is 0.426. The largest absolute Gasteiger partial charge is 0.502 e. The Balaban J connectivity index is 1.72. The number of benzene rings is 3. The zero-order valence-electron chi connectivity index (χ0n) is 18.7. The molecule has 2 N–H and O–H groups in total. The molecule has 4 aromatic rings. The summed E-state index contributed by atoms with van der Waals surface area (Å²) >= 11 is 0. The molecule has 1 aliphatic heterocycles. The van der Waals surface area contributed by atoms with Crippen molar-refractivity contribution in [3.8, 4) is 34.5 Å². The van der Waals surface area contributed by atoms with Crippen LogP contribution in [-0.2, 0) is 0 Å². The number of aliphatic hydroxyl groups excluding tert-OH is 1. The van der Waals surface area contributed by atoms with Gasteiger partial charge in [0.25, 0.3) is 0 Å². The molecule has 34 heavy (non-hydrogen) atoms. The van der Waals surface area contributed by atoms with Gasteiger partial charge in [0.15, 0.2) is 35.0 Å². The Bertz CT molecular complexity index is 1430. The SMILES string of the molecule is COc1cc([C@H]2Oc3c(OC)cc4c(=O)c5ccccc5oc4c3O[C@@H]2CO)cc(OC)c1O. The maximum absolute atomic E-state index is 13.1. The third kappa shape index (κ3) is 3.24. The number of hydrogen-bond acceptors (Lipinski definition) is 9. The number of aromatic hydroxyl groups is 1. The highest BCUT2D eigenvalue weighted by Gasteiger charge is 2.38. The Morgan fingerprint density at radius 3 is 2.21 bits per heavy atom. The van der Waals surface area contributed by atoms with Crippen LogP contribution < -0.4 is 29.1 Å². The van der Waals surface area contributed by atoms with Crippen molar-refractivity contribution < 1.29 is 38.3 Å². The Labute approximate surface area is 193 Å². The second-order valence-electron chi connectivity index (χ2n) is 7.69. The molecule has 0 saturated heterocycles. The molecule has 0 saturated carbocycles. The number of aliphatic hydroxyl groups is 1. The molecule has 0 radical (unpaired) electrons. The van der Waals surface area contributed by atoms with Crippen LogP contribution in [0.4, 0.5) is 0 Å². The van der Waals surface area contributed by atoms with Crippen LogP contribution in [-0.4, -0.2) is 44.3 Å². The van der Waals surface area contributed by atoms with Gasteiger partial charge in [-0.05, 0) is 30.3 Å². The van der Waals surface area contributed by atoms with E-state index in [4.69, 9.17) is 28.1 Å². The Hall–Kier alpha value is -4.11. The summed E-state index contributed by atoms with van der Waals surface area (Å²) in [5.74, 6) is 0.818. The molecule has 0 unspecified atom stereocenters. The third-order valence-electron chi connectivity index (χ3n) is 5.83. The smallest absolute Gasteiger partial charge is 0.209 e. The van der Waals surface area contributed by atoms with Crippen molar-refractivity contribution in [2.24, 2.45) is 0 Å². The van der Waals surface area contributed by atoms with Crippen molar-refractivity contribution >= 4 is 21.9 Å². The lowest BCUT2D eigenvalue weighted by Gasteiger charge is -2.34. The van der Waals surface area contributed by atoms with Gasteiger partial charge in [-0.1, -0.05) is 12.1 Å². The average Bonchev–Trinajstić information content (AvgIpc) is 2.88. The molecule has 3 aromatic carbocycles. The van der Waals surface area contributed by atoms with E-state index in [0.29, 0.717) is 16.5 Å². The third-order valence-corrected chi connectivity index (χ3v) is 5.83. The van der Waals surface area contributed by atoms with E-state index in [1.54, 1.807) is 42.5 Å². The summed E-state index contributed by atoms with van der Waals surface area (Å²) in [5.41, 5.74) is 0.874. The number of phenolic OH excluding ortho intramolecular Hbond substituents is 1. The number of methoxy groups -OCH3 is 3. The van der Waals surface area contributed by atoms with Crippen molar-refractivity contribution in [3.05, 3.63) is 58.3 Å². The first-order chi connectivity index (χ1) is 16.5. The Morgan fingerprint density at radius 1 is 0.882 bits per heavy atom. The topological polar surface area (TPSA) is 117 Å². The van der Waals surface area contributed by atoms with Gasteiger partial charge in [0.1, 0.15) is 5.58 Å². The van der Waals surface area contributed by atoms with E-state index in [9.17, 15) is 15.0 Å². The van der Waals surface area contributed by atoms with Crippen LogP contribution in [0.2, 0.25) is 0 Å². The highest BCUT2D eigenvalue weighted by Crippen LogP contribution is 2.51. The monoisotopic (exact) mass is 466 g/mol. The first kappa shape index (κ1) is 21.7. The van der Waals surface area contributed by atoms with Gasteiger partial charge >= 0.3 is 0 Å². The van der Waals surface area contributed by atoms with Crippen molar-refractivity contribution in [2.45, 2.75) is 12.2 Å². The number of para-hydroxylation sites is 1. The molecule has 0 amide bonds. The summed E-state index contributed by atoms with van der Waals surface area (Å²) in [7, 11) is 4.28. The minimum absolute atomic E-state index is 0.158. The van der Waals surface area contributed by atoms with E-state index in [2.05, 4.69) is 0 Å². The summed E-state index contributed by atoms with van der Waals surface area (Å²) in [6.45, 7) is -0.411. The molecule has 1 aliphatic rings. The molecule has 9 nitrogen and oxygen atoms in total. The highest BCUT2D eigenvalue weighted by atomic mass is 16.6. The van der Waals surface area contributed by atoms with Crippen LogP contribution in [0, 0.1) is 0 Å². The van der Waals surface area contributed by atoms with Gasteiger partial charge in [-0.3, -0.25) is 4.79 Å². The number of rotatable bonds is 5. The van der Waals surface area contributed by atoms with E-state index >= 15 is 0 Å². The molecule has 0 fully saturated rings. The molecule has 176 valence electrons. The molecular formula is C25H22O9. The maximum Gasteiger partial charge on any atom is 0.209 e. The minimum atomic E-state index is -0.876. The van der Waals surface area contributed by atoms with E-state index in [1.807, 2.05) is 0 Å². The van der Waals surface area contributed by atoms with Crippen molar-refractivity contribution in [1.82, 2.24) is 0 Å². The average molecular weight is 466 g/mol. The second kappa shape index (κ2) is 8.35. The molecular weight excluding hydrogens is 444 g/mol. The van der Waals surface area contributed by atoms with Gasteiger partial charge < -0.3 is 38.3 Å². The van der Waals surface area contributed by atoms with E-state index in [-0.39, 0.29) is 50.9 Å². The summed E-state index contributed by atoms with van der Waals surface area (Å²) in [4.78, 5) is 13.1. The predicted octanol–water partition coefficient (Wildman–Crippen LogP) is 3.55. The molecule has 0 spiro atoms. The second-order valence-corrected chi connectivity index (χ2v) is 7.69. The van der Waals surface area contributed by atoms with Crippen molar-refractivity contribution in [1.29, 1.82) is 0 Å². The summed E-state index contributed by atoms with van der Waals surface area (Å²) < 4.78 is 34.5. The van der Waals surface area contributed by atoms with Crippen LogP contribution in [0.5, 0.6) is 34.5 Å². The van der Waals surface area contributed by atoms with Gasteiger partial charge in [-0.15, -0.1) is 0 Å². The van der Waals surface area contributed by atoms with Crippen LogP contribution in [0.15, 0.2) is 51.7 Å². The molecule has 2 atom stereocenters. The van der Waals surface area contributed by atoms with Gasteiger partial charge in [0.05, 0.1) is 38.7 Å². The standard InChI is InChI=1S/C25H22O9/c1-29-16-8-12(9-17(30-2)21(16)28)22-19(11-26)33-25-23-14(10-18(31-3)24(25)34-22)20(27)13-6-4-5-7-15(13)32-23/h4-10,19,22,26,28H,11H2,1-3H3/t19-,22-/m1/s1. The van der Waals surface area contributed by atoms with Crippen LogP contribution in [0.3, 0.4) is 0 Å². The zero-order chi connectivity index (χ0) is 24.0. The number of ether oxygens (including phenoxy) is 5. The first-order valence-electron chi connectivity index (χ1n) is 10.5. The molecule has 0 aliphatic carbocycles. The molecule has 1 aromatic heterocycles. The summed E-state index contributed by atoms with van der Waals surface area (Å²) in [5, 5.41) is 21.1. The number of phenols is 1. The lowest BCUT2D eigenvalue weighted by molar-refractivity contribution is -0.0135. The predicted molar refractivity (Wildman–Crippen MR) is 123 cm³/mol. The van der Waals surface area contributed by atoms with Gasteiger partial charge in [0, 0.05) is 5.56 Å². The highest BCUT2D eigenvalue weighted by molar-refractivity contribution is 5.95. The van der Waals surface area contributed by atoms with E-state index in [0.717, 1.165) is 0 Å². The molecule has 5 rings (SSSR count). The van der Waals surface area contributed by atoms with Crippen LogP contribution >= 0.6 is 0 Å². The number of hydrogen-bond donors (Lipinski definition) is 2. The summed E-state index contributed by atoms with van der Waals surface area (Å²) in [6, 6.07) is 11.6. The van der Waals surface area contributed by atoms with E-state index < -0.39 is 18.8 Å². The van der Waals surface area contributed by atoms with Gasteiger partial charge in [0.2, 0.25) is 22.7 Å². The molecule has 2 heterocycles. The van der Waals surface area contributed by atoms with Crippen LogP contribution in [0.25, 0.3) is 21.9 Å². The maximum atomic E-state index is 13.1. The minimum Gasteiger partial charge on any atom is -0.502 e. The normalized spacial score (nSPS) is 17.1. The first-order valence-corrected chi connectivity index (χ1v) is 10.5. The van der Waals surface area contributed by atoms with Crippen LogP contribution in [0.1, 0.15) is 11.7 Å². The summed E-state index contributed by atoms with van der Waals surface area (Å²) in [6.07, 6.45) is -1.70. The lowest BCUT2D eigenvalue weighted by atomic mass is 10.0. The van der Waals surface area contributed by atoms with Crippen molar-refractivity contribution in [2.75, 3.05) is 27.9 Å². The number of fused-ring (bicyclic) bond motifs is 4.